The molecule has 15 heavy (non-hydrogen) atoms. The van der Waals surface area contributed by atoms with E-state index in [4.69, 9.17) is 4.74 Å². The quantitative estimate of drug-likeness (QED) is 0.798. The van der Waals surface area contributed by atoms with Crippen molar-refractivity contribution in [2.75, 3.05) is 13.2 Å². The van der Waals surface area contributed by atoms with Crippen LogP contribution in [-0.2, 0) is 4.74 Å². The Hall–Kier alpha value is -1.42. The van der Waals surface area contributed by atoms with Crippen molar-refractivity contribution in [3.63, 3.8) is 0 Å². The highest BCUT2D eigenvalue weighted by molar-refractivity contribution is 5.94. The molecular weight excluding hydrogens is 197 g/mol. The fraction of sp³-hybridized carbons (Fsp3) is 0.364. The van der Waals surface area contributed by atoms with Crippen molar-refractivity contribution >= 4 is 5.91 Å². The molecule has 1 unspecified atom stereocenters. The fourth-order valence-electron chi connectivity index (χ4n) is 1.55. The van der Waals surface area contributed by atoms with Crippen LogP contribution in [0.2, 0.25) is 0 Å². The van der Waals surface area contributed by atoms with Crippen LogP contribution < -0.4 is 5.32 Å². The molecule has 4 heteroatoms. The number of nitrogens with one attached hydrogen (secondary N) is 1. The van der Waals surface area contributed by atoms with Crippen LogP contribution in [0.3, 0.4) is 0 Å². The number of rotatable bonds is 2. The number of ether oxygens (including phenoxy) is 1. The van der Waals surface area contributed by atoms with Crippen LogP contribution in [0.25, 0.3) is 0 Å². The van der Waals surface area contributed by atoms with Gasteiger partial charge < -0.3 is 10.1 Å². The monoisotopic (exact) mass is 209 g/mol. The lowest BCUT2D eigenvalue weighted by atomic mass is 10.2. The van der Waals surface area contributed by atoms with E-state index >= 15 is 0 Å². The number of hydrogen-bond acceptors (Lipinski definition) is 2. The van der Waals surface area contributed by atoms with E-state index in [0.29, 0.717) is 18.8 Å². The molecular formula is C11H12FNO2. The van der Waals surface area contributed by atoms with E-state index in [9.17, 15) is 9.18 Å². The Morgan fingerprint density at radius 1 is 1.53 bits per heavy atom. The zero-order chi connectivity index (χ0) is 10.7. The maximum atomic E-state index is 12.8. The van der Waals surface area contributed by atoms with Crippen molar-refractivity contribution in [3.05, 3.63) is 35.6 Å². The first-order chi connectivity index (χ1) is 7.25. The van der Waals surface area contributed by atoms with E-state index in [1.54, 1.807) is 6.07 Å². The van der Waals surface area contributed by atoms with Gasteiger partial charge in [0, 0.05) is 12.2 Å². The minimum absolute atomic E-state index is 0.0563. The third-order valence-electron chi connectivity index (χ3n) is 2.35. The summed E-state index contributed by atoms with van der Waals surface area (Å²) in [7, 11) is 0. The third-order valence-corrected chi connectivity index (χ3v) is 2.35. The highest BCUT2D eigenvalue weighted by Crippen LogP contribution is 2.07. The number of benzene rings is 1. The van der Waals surface area contributed by atoms with E-state index in [2.05, 4.69) is 5.32 Å². The average molecular weight is 209 g/mol. The van der Waals surface area contributed by atoms with Gasteiger partial charge in [0.2, 0.25) is 0 Å². The Morgan fingerprint density at radius 3 is 3.07 bits per heavy atom. The second-order valence-electron chi connectivity index (χ2n) is 3.54. The molecule has 80 valence electrons. The third kappa shape index (κ3) is 2.53. The molecule has 0 aromatic heterocycles. The van der Waals surface area contributed by atoms with Gasteiger partial charge in [0.15, 0.2) is 0 Å². The molecule has 0 radical (unpaired) electrons. The molecule has 1 fully saturated rings. The van der Waals surface area contributed by atoms with Crippen LogP contribution in [-0.4, -0.2) is 25.2 Å². The summed E-state index contributed by atoms with van der Waals surface area (Å²) < 4.78 is 18.0. The van der Waals surface area contributed by atoms with Gasteiger partial charge >= 0.3 is 0 Å². The molecule has 2 rings (SSSR count). The Kier molecular flexibility index (Phi) is 2.97. The van der Waals surface area contributed by atoms with E-state index in [1.807, 2.05) is 0 Å². The van der Waals surface area contributed by atoms with Gasteiger partial charge in [-0.25, -0.2) is 4.39 Å². The summed E-state index contributed by atoms with van der Waals surface area (Å²) in [5.41, 5.74) is 0.349. The van der Waals surface area contributed by atoms with Crippen LogP contribution in [0.5, 0.6) is 0 Å². The lowest BCUT2D eigenvalue weighted by Crippen LogP contribution is -2.34. The maximum Gasteiger partial charge on any atom is 0.251 e. The van der Waals surface area contributed by atoms with Crippen molar-refractivity contribution in [1.29, 1.82) is 0 Å². The maximum absolute atomic E-state index is 12.8. The van der Waals surface area contributed by atoms with Crippen LogP contribution in [0.1, 0.15) is 16.8 Å². The summed E-state index contributed by atoms with van der Waals surface area (Å²) in [6.07, 6.45) is 0.820. The molecule has 0 bridgehead atoms. The minimum atomic E-state index is -0.398. The van der Waals surface area contributed by atoms with Crippen LogP contribution in [0.4, 0.5) is 4.39 Å². The van der Waals surface area contributed by atoms with Crippen molar-refractivity contribution in [2.24, 2.45) is 0 Å². The standard InChI is InChI=1S/C11H12FNO2/c12-9-3-1-2-8(6-9)11(14)13-10-4-5-15-7-10/h1-3,6,10H,4-5,7H2,(H,13,14). The molecule has 1 aliphatic rings. The molecule has 1 saturated heterocycles. The predicted molar refractivity (Wildman–Crippen MR) is 53.1 cm³/mol. The largest absolute Gasteiger partial charge is 0.379 e. The summed E-state index contributed by atoms with van der Waals surface area (Å²) in [4.78, 5) is 11.6. The Bertz CT molecular complexity index is 361. The molecule has 1 heterocycles. The molecule has 1 aliphatic heterocycles. The van der Waals surface area contributed by atoms with Crippen molar-refractivity contribution < 1.29 is 13.9 Å². The van der Waals surface area contributed by atoms with E-state index < -0.39 is 5.82 Å². The van der Waals surface area contributed by atoms with Crippen molar-refractivity contribution in [1.82, 2.24) is 5.32 Å². The topological polar surface area (TPSA) is 38.3 Å². The zero-order valence-electron chi connectivity index (χ0n) is 8.20. The van der Waals surface area contributed by atoms with Crippen LogP contribution >= 0.6 is 0 Å². The van der Waals surface area contributed by atoms with E-state index in [1.165, 1.54) is 18.2 Å². The molecule has 1 aromatic carbocycles. The Labute approximate surface area is 87.2 Å². The van der Waals surface area contributed by atoms with E-state index in [-0.39, 0.29) is 11.9 Å². The second kappa shape index (κ2) is 4.40. The number of amides is 1. The van der Waals surface area contributed by atoms with Gasteiger partial charge in [0.1, 0.15) is 5.82 Å². The summed E-state index contributed by atoms with van der Waals surface area (Å²) in [6, 6.07) is 5.71. The molecule has 1 aromatic rings. The first kappa shape index (κ1) is 10.1. The molecule has 0 saturated carbocycles. The van der Waals surface area contributed by atoms with Crippen LogP contribution in [0.15, 0.2) is 24.3 Å². The Balaban J connectivity index is 2.01. The van der Waals surface area contributed by atoms with Crippen molar-refractivity contribution in [3.8, 4) is 0 Å². The first-order valence-corrected chi connectivity index (χ1v) is 4.90. The number of carbonyl (C=O) groups excluding carboxylic acids is 1. The smallest absolute Gasteiger partial charge is 0.251 e. The fourth-order valence-corrected chi connectivity index (χ4v) is 1.55. The molecule has 1 atom stereocenters. The van der Waals surface area contributed by atoms with Gasteiger partial charge in [-0.15, -0.1) is 0 Å². The second-order valence-corrected chi connectivity index (χ2v) is 3.54. The van der Waals surface area contributed by atoms with E-state index in [0.717, 1.165) is 6.42 Å². The van der Waals surface area contributed by atoms with Gasteiger partial charge in [-0.2, -0.15) is 0 Å². The SMILES string of the molecule is O=C(NC1CCOC1)c1cccc(F)c1. The Morgan fingerprint density at radius 2 is 2.40 bits per heavy atom. The highest BCUT2D eigenvalue weighted by atomic mass is 19.1. The molecule has 1 amide bonds. The van der Waals surface area contributed by atoms with Gasteiger partial charge in [0.25, 0.3) is 5.91 Å². The summed E-state index contributed by atoms with van der Waals surface area (Å²) in [6.45, 7) is 1.22. The van der Waals surface area contributed by atoms with Crippen molar-refractivity contribution in [2.45, 2.75) is 12.5 Å². The lowest BCUT2D eigenvalue weighted by molar-refractivity contribution is 0.0929. The summed E-state index contributed by atoms with van der Waals surface area (Å²) in [5, 5.41) is 2.79. The molecule has 3 nitrogen and oxygen atoms in total. The normalized spacial score (nSPS) is 20.2. The average Bonchev–Trinajstić information content (AvgIpc) is 2.70. The van der Waals surface area contributed by atoms with Gasteiger partial charge in [-0.05, 0) is 24.6 Å². The predicted octanol–water partition coefficient (Wildman–Crippen LogP) is 1.34. The van der Waals surface area contributed by atoms with Gasteiger partial charge in [-0.1, -0.05) is 6.07 Å². The summed E-state index contributed by atoms with van der Waals surface area (Å²) >= 11 is 0. The minimum Gasteiger partial charge on any atom is -0.379 e. The first-order valence-electron chi connectivity index (χ1n) is 4.90. The number of carbonyl (C=O) groups is 1. The summed E-state index contributed by atoms with van der Waals surface area (Å²) in [5.74, 6) is -0.643. The van der Waals surface area contributed by atoms with Gasteiger partial charge in [0.05, 0.1) is 12.6 Å². The number of halogens is 1. The zero-order valence-corrected chi connectivity index (χ0v) is 8.20. The van der Waals surface area contributed by atoms with Gasteiger partial charge in [-0.3, -0.25) is 4.79 Å². The lowest BCUT2D eigenvalue weighted by Gasteiger charge is -2.10. The molecule has 0 spiro atoms. The highest BCUT2D eigenvalue weighted by Gasteiger charge is 2.18. The van der Waals surface area contributed by atoms with Crippen LogP contribution in [0, 0.1) is 5.82 Å². The molecule has 0 aliphatic carbocycles. The number of hydrogen-bond donors (Lipinski definition) is 1. The molecule has 1 N–H and O–H groups in total.